The second kappa shape index (κ2) is 5.80. The molecule has 1 aromatic rings. The maximum absolute atomic E-state index is 12.8. The first-order valence-electron chi connectivity index (χ1n) is 5.49. The lowest BCUT2D eigenvalue weighted by atomic mass is 10.0. The van der Waals surface area contributed by atoms with Crippen LogP contribution in [0.2, 0.25) is 5.02 Å². The lowest BCUT2D eigenvalue weighted by Gasteiger charge is -2.28. The van der Waals surface area contributed by atoms with Gasteiger partial charge >= 0.3 is 12.1 Å². The van der Waals surface area contributed by atoms with Gasteiger partial charge in [0.2, 0.25) is 5.54 Å². The fourth-order valence-electron chi connectivity index (χ4n) is 1.40. The van der Waals surface area contributed by atoms with Gasteiger partial charge in [0.25, 0.3) is 5.91 Å². The topological polar surface area (TPSA) is 75.6 Å². The molecule has 116 valence electrons. The molecule has 1 unspecified atom stereocenters. The van der Waals surface area contributed by atoms with Gasteiger partial charge in [-0.05, 0) is 25.1 Å². The van der Waals surface area contributed by atoms with E-state index in [1.807, 2.05) is 0 Å². The van der Waals surface area contributed by atoms with E-state index in [1.165, 1.54) is 24.6 Å². The Balaban J connectivity index is 3.21. The number of rotatable bonds is 4. The monoisotopic (exact) mass is 325 g/mol. The van der Waals surface area contributed by atoms with Crippen LogP contribution in [0.1, 0.15) is 17.3 Å². The predicted octanol–water partition coefficient (Wildman–Crippen LogP) is 2.48. The average molecular weight is 326 g/mol. The number of nitrogens with one attached hydrogen (secondary N) is 1. The summed E-state index contributed by atoms with van der Waals surface area (Å²) in [4.78, 5) is 22.8. The van der Waals surface area contributed by atoms with E-state index in [0.29, 0.717) is 6.92 Å². The second-order valence-electron chi connectivity index (χ2n) is 4.23. The first kappa shape index (κ1) is 17.1. The number of amides is 1. The van der Waals surface area contributed by atoms with E-state index in [0.717, 1.165) is 6.07 Å². The molecule has 0 fully saturated rings. The molecule has 1 rings (SSSR count). The summed E-state index contributed by atoms with van der Waals surface area (Å²) in [5.74, 6) is -3.53. The second-order valence-corrected chi connectivity index (χ2v) is 4.66. The zero-order chi connectivity index (χ0) is 16.4. The Morgan fingerprint density at radius 2 is 1.90 bits per heavy atom. The van der Waals surface area contributed by atoms with E-state index < -0.39 is 23.6 Å². The maximum atomic E-state index is 12.8. The number of aliphatic carboxylic acids is 1. The zero-order valence-corrected chi connectivity index (χ0v) is 11.7. The first-order valence-corrected chi connectivity index (χ1v) is 5.87. The summed E-state index contributed by atoms with van der Waals surface area (Å²) in [6.07, 6.45) is -5.18. The highest BCUT2D eigenvalue weighted by Gasteiger charge is 2.58. The van der Waals surface area contributed by atoms with Gasteiger partial charge in [0.15, 0.2) is 0 Å². The van der Waals surface area contributed by atoms with Crippen LogP contribution >= 0.6 is 11.6 Å². The number of carbonyl (C=O) groups excluding carboxylic acids is 1. The first-order chi connectivity index (χ1) is 9.52. The van der Waals surface area contributed by atoms with Crippen molar-refractivity contribution in [3.8, 4) is 5.75 Å². The van der Waals surface area contributed by atoms with Gasteiger partial charge in [-0.2, -0.15) is 13.2 Å². The Bertz CT molecular complexity index is 576. The molecule has 0 spiro atoms. The third-order valence-electron chi connectivity index (χ3n) is 2.76. The van der Waals surface area contributed by atoms with Crippen molar-refractivity contribution >= 4 is 23.5 Å². The highest BCUT2D eigenvalue weighted by Crippen LogP contribution is 2.31. The number of hydrogen-bond acceptors (Lipinski definition) is 3. The Morgan fingerprint density at radius 3 is 2.33 bits per heavy atom. The van der Waals surface area contributed by atoms with Crippen LogP contribution in [0.25, 0.3) is 0 Å². The number of carboxylic acid groups (broad SMARTS) is 1. The molecule has 0 heterocycles. The van der Waals surface area contributed by atoms with Crippen LogP contribution in [0.15, 0.2) is 18.2 Å². The van der Waals surface area contributed by atoms with Crippen molar-refractivity contribution in [2.24, 2.45) is 0 Å². The van der Waals surface area contributed by atoms with Crippen molar-refractivity contribution in [1.82, 2.24) is 5.32 Å². The van der Waals surface area contributed by atoms with E-state index in [9.17, 15) is 22.8 Å². The van der Waals surface area contributed by atoms with Crippen molar-refractivity contribution in [2.75, 3.05) is 7.11 Å². The number of alkyl halides is 3. The molecule has 1 atom stereocenters. The molecule has 0 aromatic heterocycles. The standard InChI is InChI=1S/C12H11ClF3NO4/c1-11(10(19)20,12(14,15)16)17-9(18)7-5-6(13)3-4-8(7)21-2/h3-5H,1-2H3,(H,17,18)(H,19,20). The molecular weight excluding hydrogens is 315 g/mol. The maximum Gasteiger partial charge on any atom is 0.422 e. The molecule has 5 nitrogen and oxygen atoms in total. The summed E-state index contributed by atoms with van der Waals surface area (Å²) in [6, 6.07) is 3.73. The number of hydrogen-bond donors (Lipinski definition) is 2. The van der Waals surface area contributed by atoms with Crippen molar-refractivity contribution < 1.29 is 32.6 Å². The van der Waals surface area contributed by atoms with Gasteiger partial charge in [0.05, 0.1) is 12.7 Å². The minimum atomic E-state index is -5.18. The molecule has 0 aliphatic rings. The third kappa shape index (κ3) is 3.38. The van der Waals surface area contributed by atoms with E-state index in [1.54, 1.807) is 0 Å². The number of carbonyl (C=O) groups is 2. The number of carboxylic acids is 1. The lowest BCUT2D eigenvalue weighted by molar-refractivity contribution is -0.203. The highest BCUT2D eigenvalue weighted by atomic mass is 35.5. The summed E-state index contributed by atoms with van der Waals surface area (Å²) >= 11 is 5.67. The molecule has 0 saturated carbocycles. The van der Waals surface area contributed by atoms with Crippen LogP contribution < -0.4 is 10.1 Å². The van der Waals surface area contributed by atoms with Gasteiger partial charge in [0.1, 0.15) is 5.75 Å². The summed E-state index contributed by atoms with van der Waals surface area (Å²) in [6.45, 7) is 0.351. The highest BCUT2D eigenvalue weighted by molar-refractivity contribution is 6.31. The molecule has 0 bridgehead atoms. The van der Waals surface area contributed by atoms with Crippen molar-refractivity contribution in [3.63, 3.8) is 0 Å². The number of benzene rings is 1. The summed E-state index contributed by atoms with van der Waals surface area (Å²) in [5, 5.41) is 10.3. The Kier molecular flexibility index (Phi) is 4.72. The fourth-order valence-corrected chi connectivity index (χ4v) is 1.57. The Labute approximate surface area is 122 Å². The zero-order valence-electron chi connectivity index (χ0n) is 10.9. The van der Waals surface area contributed by atoms with E-state index in [4.69, 9.17) is 21.4 Å². The minimum absolute atomic E-state index is 0.0354. The molecule has 0 aliphatic carbocycles. The van der Waals surface area contributed by atoms with Gasteiger partial charge in [0, 0.05) is 5.02 Å². The van der Waals surface area contributed by atoms with E-state index >= 15 is 0 Å². The quantitative estimate of drug-likeness (QED) is 0.891. The van der Waals surface area contributed by atoms with Crippen LogP contribution in [-0.4, -0.2) is 35.8 Å². The SMILES string of the molecule is COc1ccc(Cl)cc1C(=O)NC(C)(C(=O)O)C(F)(F)F. The van der Waals surface area contributed by atoms with Crippen LogP contribution in [0.3, 0.4) is 0 Å². The van der Waals surface area contributed by atoms with Crippen molar-refractivity contribution in [1.29, 1.82) is 0 Å². The number of methoxy groups -OCH3 is 1. The average Bonchev–Trinajstić information content (AvgIpc) is 2.36. The Hall–Kier alpha value is -1.96. The molecule has 0 radical (unpaired) electrons. The number of halogens is 4. The van der Waals surface area contributed by atoms with Gasteiger partial charge in [-0.15, -0.1) is 0 Å². The van der Waals surface area contributed by atoms with Crippen LogP contribution in [0.5, 0.6) is 5.75 Å². The van der Waals surface area contributed by atoms with Gasteiger partial charge in [-0.25, -0.2) is 4.79 Å². The van der Waals surface area contributed by atoms with Gasteiger partial charge < -0.3 is 15.2 Å². The summed E-state index contributed by atoms with van der Waals surface area (Å²) in [5.41, 5.74) is -3.74. The summed E-state index contributed by atoms with van der Waals surface area (Å²) in [7, 11) is 1.21. The molecule has 0 aliphatic heterocycles. The number of ether oxygens (including phenoxy) is 1. The van der Waals surface area contributed by atoms with E-state index in [-0.39, 0.29) is 16.3 Å². The van der Waals surface area contributed by atoms with E-state index in [2.05, 4.69) is 0 Å². The molecule has 21 heavy (non-hydrogen) atoms. The van der Waals surface area contributed by atoms with Crippen LogP contribution in [0.4, 0.5) is 13.2 Å². The summed E-state index contributed by atoms with van der Waals surface area (Å²) < 4.78 is 43.4. The molecule has 1 amide bonds. The Morgan fingerprint density at radius 1 is 1.33 bits per heavy atom. The predicted molar refractivity (Wildman–Crippen MR) is 67.6 cm³/mol. The van der Waals surface area contributed by atoms with Crippen molar-refractivity contribution in [3.05, 3.63) is 28.8 Å². The fraction of sp³-hybridized carbons (Fsp3) is 0.333. The van der Waals surface area contributed by atoms with Crippen LogP contribution in [-0.2, 0) is 4.79 Å². The molecule has 1 aromatic carbocycles. The van der Waals surface area contributed by atoms with Gasteiger partial charge in [-0.1, -0.05) is 11.6 Å². The molecular formula is C12H11ClF3NO4. The molecule has 2 N–H and O–H groups in total. The van der Waals surface area contributed by atoms with Gasteiger partial charge in [-0.3, -0.25) is 4.79 Å². The minimum Gasteiger partial charge on any atom is -0.496 e. The normalized spacial score (nSPS) is 14.2. The molecule has 9 heteroatoms. The largest absolute Gasteiger partial charge is 0.496 e. The smallest absolute Gasteiger partial charge is 0.422 e. The lowest BCUT2D eigenvalue weighted by Crippen LogP contribution is -2.61. The third-order valence-corrected chi connectivity index (χ3v) is 3.00. The van der Waals surface area contributed by atoms with Crippen LogP contribution in [0, 0.1) is 0 Å². The van der Waals surface area contributed by atoms with Crippen molar-refractivity contribution in [2.45, 2.75) is 18.6 Å². The molecule has 0 saturated heterocycles.